The SMILES string of the molecule is CCCCCCCCCCCCCCCCCCCCCCCCC(=O)OC(COC(=O)CCCCCCC)COC(OCC[N+](C)(C)C)C(=O)[O-]. The summed E-state index contributed by atoms with van der Waals surface area (Å²) in [4.78, 5) is 36.6. The molecule has 0 radical (unpaired) electrons. The molecular weight excluding hydrogens is 658 g/mol. The van der Waals surface area contributed by atoms with Gasteiger partial charge in [0, 0.05) is 12.8 Å². The summed E-state index contributed by atoms with van der Waals surface area (Å²) in [5.74, 6) is -2.29. The van der Waals surface area contributed by atoms with Crippen molar-refractivity contribution >= 4 is 17.9 Å². The minimum atomic E-state index is -1.61. The fourth-order valence-electron chi connectivity index (χ4n) is 6.18. The van der Waals surface area contributed by atoms with E-state index in [2.05, 4.69) is 13.8 Å². The fraction of sp³-hybridized carbons (Fsp3) is 0.930. The predicted molar refractivity (Wildman–Crippen MR) is 210 cm³/mol. The van der Waals surface area contributed by atoms with Crippen molar-refractivity contribution in [1.82, 2.24) is 0 Å². The zero-order valence-electron chi connectivity index (χ0n) is 34.7. The molecule has 0 N–H and O–H groups in total. The molecule has 0 aliphatic carbocycles. The number of carbonyl (C=O) groups is 3. The van der Waals surface area contributed by atoms with E-state index in [9.17, 15) is 19.5 Å². The number of quaternary nitrogens is 1. The summed E-state index contributed by atoms with van der Waals surface area (Å²) in [6.45, 7) is 4.67. The Hall–Kier alpha value is -1.71. The van der Waals surface area contributed by atoms with Gasteiger partial charge in [-0.2, -0.15) is 0 Å². The third kappa shape index (κ3) is 36.6. The van der Waals surface area contributed by atoms with Gasteiger partial charge < -0.3 is 33.3 Å². The van der Waals surface area contributed by atoms with Crippen LogP contribution in [0.2, 0.25) is 0 Å². The number of carboxylic acid groups (broad SMARTS) is 1. The van der Waals surface area contributed by atoms with Crippen molar-refractivity contribution in [2.45, 2.75) is 212 Å². The lowest BCUT2D eigenvalue weighted by Crippen LogP contribution is -2.44. The summed E-state index contributed by atoms with van der Waals surface area (Å²) in [7, 11) is 5.90. The zero-order chi connectivity index (χ0) is 38.5. The molecule has 9 heteroatoms. The van der Waals surface area contributed by atoms with Crippen LogP contribution in [0.1, 0.15) is 200 Å². The Labute approximate surface area is 320 Å². The molecule has 0 aliphatic rings. The molecule has 0 rings (SSSR count). The number of carbonyl (C=O) groups excluding carboxylic acids is 3. The van der Waals surface area contributed by atoms with Crippen LogP contribution in [0.25, 0.3) is 0 Å². The van der Waals surface area contributed by atoms with Crippen molar-refractivity contribution in [2.24, 2.45) is 0 Å². The summed E-state index contributed by atoms with van der Waals surface area (Å²) >= 11 is 0. The smallest absolute Gasteiger partial charge is 0.306 e. The summed E-state index contributed by atoms with van der Waals surface area (Å²) in [5, 5.41) is 11.6. The van der Waals surface area contributed by atoms with Gasteiger partial charge in [0.1, 0.15) is 13.2 Å². The van der Waals surface area contributed by atoms with Crippen molar-refractivity contribution in [2.75, 3.05) is 47.5 Å². The van der Waals surface area contributed by atoms with Gasteiger partial charge in [-0.3, -0.25) is 9.59 Å². The highest BCUT2D eigenvalue weighted by Gasteiger charge is 2.21. The van der Waals surface area contributed by atoms with E-state index in [1.165, 1.54) is 122 Å². The Morgan fingerprint density at radius 1 is 0.500 bits per heavy atom. The zero-order valence-corrected chi connectivity index (χ0v) is 34.7. The van der Waals surface area contributed by atoms with E-state index in [1.54, 1.807) is 0 Å². The quantitative estimate of drug-likeness (QED) is 0.0264. The average Bonchev–Trinajstić information content (AvgIpc) is 3.09. The maximum Gasteiger partial charge on any atom is 0.306 e. The van der Waals surface area contributed by atoms with Gasteiger partial charge in [-0.25, -0.2) is 0 Å². The van der Waals surface area contributed by atoms with Crippen LogP contribution >= 0.6 is 0 Å². The van der Waals surface area contributed by atoms with E-state index in [-0.39, 0.29) is 32.2 Å². The molecule has 0 bridgehead atoms. The first-order chi connectivity index (χ1) is 25.1. The molecule has 2 unspecified atom stereocenters. The second kappa shape index (κ2) is 36.3. The van der Waals surface area contributed by atoms with Gasteiger partial charge in [-0.1, -0.05) is 174 Å². The molecule has 0 saturated heterocycles. The Bertz CT molecular complexity index is 830. The highest BCUT2D eigenvalue weighted by Crippen LogP contribution is 2.16. The summed E-state index contributed by atoms with van der Waals surface area (Å²) in [5.41, 5.74) is 0. The van der Waals surface area contributed by atoms with Crippen LogP contribution in [0.4, 0.5) is 0 Å². The third-order valence-electron chi connectivity index (χ3n) is 9.60. The highest BCUT2D eigenvalue weighted by atomic mass is 16.7. The largest absolute Gasteiger partial charge is 0.545 e. The van der Waals surface area contributed by atoms with Gasteiger partial charge in [-0.05, 0) is 12.8 Å². The number of ether oxygens (including phenoxy) is 4. The summed E-state index contributed by atoms with van der Waals surface area (Å²) < 4.78 is 22.4. The second-order valence-electron chi connectivity index (χ2n) is 16.0. The number of carboxylic acids is 1. The molecule has 0 fully saturated rings. The number of aliphatic carboxylic acids is 1. The molecule has 0 spiro atoms. The van der Waals surface area contributed by atoms with Crippen molar-refractivity contribution < 1.29 is 42.9 Å². The molecule has 2 atom stereocenters. The molecule has 0 amide bonds. The molecular formula is C43H83NO8. The number of hydrogen-bond donors (Lipinski definition) is 0. The molecule has 308 valence electrons. The van der Waals surface area contributed by atoms with Gasteiger partial charge in [0.15, 0.2) is 12.4 Å². The predicted octanol–water partition coefficient (Wildman–Crippen LogP) is 9.61. The van der Waals surface area contributed by atoms with Gasteiger partial charge in [-0.15, -0.1) is 0 Å². The van der Waals surface area contributed by atoms with Crippen molar-refractivity contribution in [3.05, 3.63) is 0 Å². The van der Waals surface area contributed by atoms with Gasteiger partial charge in [0.05, 0.1) is 40.3 Å². The maximum absolute atomic E-state index is 12.7. The topological polar surface area (TPSA) is 111 Å². The summed E-state index contributed by atoms with van der Waals surface area (Å²) in [6, 6.07) is 0. The number of esters is 2. The Balaban J connectivity index is 4.14. The number of rotatable bonds is 40. The number of likely N-dealkylation sites (N-methyl/N-ethyl adjacent to an activating group) is 1. The first kappa shape index (κ1) is 50.3. The molecule has 0 aromatic heterocycles. The first-order valence-electron chi connectivity index (χ1n) is 21.7. The van der Waals surface area contributed by atoms with E-state index in [4.69, 9.17) is 18.9 Å². The normalized spacial score (nSPS) is 12.9. The highest BCUT2D eigenvalue weighted by molar-refractivity contribution is 5.70. The van der Waals surface area contributed by atoms with Gasteiger partial charge in [0.25, 0.3) is 0 Å². The van der Waals surface area contributed by atoms with Crippen LogP contribution in [0.3, 0.4) is 0 Å². The molecule has 0 aromatic rings. The summed E-state index contributed by atoms with van der Waals surface area (Å²) in [6.07, 6.45) is 31.9. The van der Waals surface area contributed by atoms with Crippen LogP contribution < -0.4 is 5.11 Å². The minimum Gasteiger partial charge on any atom is -0.545 e. The monoisotopic (exact) mass is 742 g/mol. The van der Waals surface area contributed by atoms with Gasteiger partial charge >= 0.3 is 11.9 Å². The molecule has 52 heavy (non-hydrogen) atoms. The lowest BCUT2D eigenvalue weighted by atomic mass is 10.0. The van der Waals surface area contributed by atoms with E-state index in [0.717, 1.165) is 51.4 Å². The average molecular weight is 742 g/mol. The van der Waals surface area contributed by atoms with Crippen LogP contribution in [0.15, 0.2) is 0 Å². The van der Waals surface area contributed by atoms with Crippen LogP contribution in [0.5, 0.6) is 0 Å². The maximum atomic E-state index is 12.7. The van der Waals surface area contributed by atoms with Gasteiger partial charge in [0.2, 0.25) is 0 Å². The van der Waals surface area contributed by atoms with E-state index in [1.807, 2.05) is 21.1 Å². The fourth-order valence-corrected chi connectivity index (χ4v) is 6.18. The Kier molecular flexibility index (Phi) is 35.1. The number of unbranched alkanes of at least 4 members (excludes halogenated alkanes) is 25. The van der Waals surface area contributed by atoms with Crippen molar-refractivity contribution in [3.63, 3.8) is 0 Å². The lowest BCUT2D eigenvalue weighted by Gasteiger charge is -2.26. The third-order valence-corrected chi connectivity index (χ3v) is 9.60. The molecule has 0 saturated carbocycles. The second-order valence-corrected chi connectivity index (χ2v) is 16.0. The number of nitrogens with zero attached hydrogens (tertiary/aromatic N) is 1. The van der Waals surface area contributed by atoms with Crippen molar-refractivity contribution in [1.29, 1.82) is 0 Å². The number of hydrogen-bond acceptors (Lipinski definition) is 8. The molecule has 9 nitrogen and oxygen atoms in total. The molecule has 0 aliphatic heterocycles. The van der Waals surface area contributed by atoms with Crippen LogP contribution in [0, 0.1) is 0 Å². The molecule has 0 heterocycles. The van der Waals surface area contributed by atoms with E-state index in [0.29, 0.717) is 17.4 Å². The van der Waals surface area contributed by atoms with E-state index < -0.39 is 24.3 Å². The first-order valence-corrected chi connectivity index (χ1v) is 21.7. The lowest BCUT2D eigenvalue weighted by molar-refractivity contribution is -0.870. The van der Waals surface area contributed by atoms with Crippen molar-refractivity contribution in [3.8, 4) is 0 Å². The van der Waals surface area contributed by atoms with E-state index >= 15 is 0 Å². The molecule has 0 aromatic carbocycles. The Morgan fingerprint density at radius 3 is 1.23 bits per heavy atom. The van der Waals surface area contributed by atoms with Crippen LogP contribution in [-0.2, 0) is 33.3 Å². The standard InChI is InChI=1S/C43H83NO8/c1-6-8-10-12-13-14-15-16-17-18-19-20-21-22-23-24-25-26-27-28-30-32-34-41(46)52-39(37-50-40(45)33-31-29-11-9-7-2)38-51-43(42(47)48)49-36-35-44(3,4)5/h39,43H,6-38H2,1-5H3. The van der Waals surface area contributed by atoms with Crippen LogP contribution in [-0.4, -0.2) is 82.3 Å². The Morgan fingerprint density at radius 2 is 0.865 bits per heavy atom. The minimum absolute atomic E-state index is 0.152.